The molecule has 0 amide bonds. The van der Waals surface area contributed by atoms with Crippen molar-refractivity contribution in [2.45, 2.75) is 78.1 Å². The van der Waals surface area contributed by atoms with Crippen LogP contribution in [-0.4, -0.2) is 15.3 Å². The highest BCUT2D eigenvalue weighted by Gasteiger charge is 2.37. The molecule has 2 aliphatic carbocycles. The van der Waals surface area contributed by atoms with Gasteiger partial charge in [-0.15, -0.1) is 0 Å². The largest absolute Gasteiger partial charge is 0.504 e. The van der Waals surface area contributed by atoms with Crippen molar-refractivity contribution in [1.29, 1.82) is 0 Å². The van der Waals surface area contributed by atoms with E-state index in [4.69, 9.17) is 0 Å². The Morgan fingerprint density at radius 3 is 1.48 bits per heavy atom. The van der Waals surface area contributed by atoms with E-state index in [9.17, 15) is 15.3 Å². The molecule has 0 radical (unpaired) electrons. The van der Waals surface area contributed by atoms with Gasteiger partial charge in [0.1, 0.15) is 0 Å². The summed E-state index contributed by atoms with van der Waals surface area (Å²) in [6.45, 7) is 4.62. The lowest BCUT2D eigenvalue weighted by Crippen LogP contribution is -1.98. The molecule has 2 saturated carbocycles. The van der Waals surface area contributed by atoms with E-state index >= 15 is 0 Å². The fourth-order valence-electron chi connectivity index (χ4n) is 3.48. The highest BCUT2D eigenvalue weighted by atomic mass is 16.3. The average molecular weight is 318 g/mol. The van der Waals surface area contributed by atoms with E-state index in [1.807, 2.05) is 6.07 Å². The van der Waals surface area contributed by atoms with Gasteiger partial charge in [-0.25, -0.2) is 0 Å². The van der Waals surface area contributed by atoms with E-state index in [2.05, 4.69) is 13.8 Å². The number of hydrogen-bond acceptors (Lipinski definition) is 3. The van der Waals surface area contributed by atoms with Crippen LogP contribution >= 0.6 is 0 Å². The Morgan fingerprint density at radius 1 is 0.739 bits per heavy atom. The van der Waals surface area contributed by atoms with Crippen LogP contribution in [0.15, 0.2) is 6.07 Å². The fraction of sp³-hybridized carbons (Fsp3) is 0.700. The predicted molar refractivity (Wildman–Crippen MR) is 92.0 cm³/mol. The smallest absolute Gasteiger partial charge is 0.200 e. The molecule has 2 aliphatic rings. The predicted octanol–water partition coefficient (Wildman–Crippen LogP) is 5.05. The lowest BCUT2D eigenvalue weighted by atomic mass is 9.94. The normalized spacial score (nSPS) is 20.4. The third-order valence-electron chi connectivity index (χ3n) is 6.07. The highest BCUT2D eigenvalue weighted by Crippen LogP contribution is 2.50. The van der Waals surface area contributed by atoms with Crippen molar-refractivity contribution in [1.82, 2.24) is 0 Å². The summed E-state index contributed by atoms with van der Waals surface area (Å²) >= 11 is 0. The molecule has 1 aromatic rings. The molecule has 3 nitrogen and oxygen atoms in total. The molecule has 0 atom stereocenters. The van der Waals surface area contributed by atoms with Crippen LogP contribution in [0.4, 0.5) is 0 Å². The second-order valence-corrected chi connectivity index (χ2v) is 8.57. The van der Waals surface area contributed by atoms with Gasteiger partial charge in [-0.2, -0.15) is 0 Å². The number of aromatic hydroxyl groups is 3. The molecule has 0 saturated heterocycles. The van der Waals surface area contributed by atoms with Crippen LogP contribution < -0.4 is 0 Å². The van der Waals surface area contributed by atoms with E-state index in [1.54, 1.807) is 0 Å². The van der Waals surface area contributed by atoms with Crippen LogP contribution in [0.25, 0.3) is 0 Å². The Morgan fingerprint density at radius 2 is 1.13 bits per heavy atom. The highest BCUT2D eigenvalue weighted by molar-refractivity contribution is 5.57. The molecule has 3 N–H and O–H groups in total. The summed E-state index contributed by atoms with van der Waals surface area (Å²) in [5.41, 5.74) is 2.57. The van der Waals surface area contributed by atoms with Crippen molar-refractivity contribution >= 4 is 0 Å². The molecule has 0 spiro atoms. The fourth-order valence-corrected chi connectivity index (χ4v) is 3.48. The van der Waals surface area contributed by atoms with Crippen molar-refractivity contribution in [3.05, 3.63) is 17.2 Å². The summed E-state index contributed by atoms with van der Waals surface area (Å²) in [5.74, 6) is -0.615. The Labute approximate surface area is 139 Å². The van der Waals surface area contributed by atoms with Gasteiger partial charge in [-0.3, -0.25) is 0 Å². The molecule has 2 fully saturated rings. The zero-order chi connectivity index (χ0) is 16.7. The maximum atomic E-state index is 10.1. The Balaban J connectivity index is 1.63. The molecule has 128 valence electrons. The van der Waals surface area contributed by atoms with E-state index in [0.29, 0.717) is 10.8 Å². The minimum Gasteiger partial charge on any atom is -0.504 e. The van der Waals surface area contributed by atoms with Crippen molar-refractivity contribution in [3.8, 4) is 17.2 Å². The van der Waals surface area contributed by atoms with Gasteiger partial charge in [0.15, 0.2) is 11.5 Å². The molecule has 0 unspecified atom stereocenters. The first-order chi connectivity index (χ1) is 10.8. The topological polar surface area (TPSA) is 60.7 Å². The molecule has 0 aliphatic heterocycles. The monoisotopic (exact) mass is 318 g/mol. The minimum absolute atomic E-state index is 0.138. The van der Waals surface area contributed by atoms with Crippen LogP contribution in [0, 0.1) is 10.8 Å². The number of benzene rings is 1. The quantitative estimate of drug-likeness (QED) is 0.588. The summed E-state index contributed by atoms with van der Waals surface area (Å²) in [6, 6.07) is 1.90. The molecule has 3 heteroatoms. The van der Waals surface area contributed by atoms with Crippen LogP contribution in [0.2, 0.25) is 0 Å². The molecule has 0 bridgehead atoms. The van der Waals surface area contributed by atoms with Gasteiger partial charge in [0.05, 0.1) is 0 Å². The third-order valence-corrected chi connectivity index (χ3v) is 6.07. The van der Waals surface area contributed by atoms with Crippen molar-refractivity contribution in [3.63, 3.8) is 0 Å². The molecule has 23 heavy (non-hydrogen) atoms. The van der Waals surface area contributed by atoms with E-state index in [-0.39, 0.29) is 17.2 Å². The second kappa shape index (κ2) is 5.92. The van der Waals surface area contributed by atoms with Gasteiger partial charge >= 0.3 is 0 Å². The van der Waals surface area contributed by atoms with Gasteiger partial charge in [-0.1, -0.05) is 13.8 Å². The summed E-state index contributed by atoms with van der Waals surface area (Å²) in [6.07, 6.45) is 11.1. The maximum absolute atomic E-state index is 10.1. The van der Waals surface area contributed by atoms with Crippen molar-refractivity contribution < 1.29 is 15.3 Å². The first-order valence-corrected chi connectivity index (χ1v) is 9.08. The number of hydrogen-bond donors (Lipinski definition) is 3. The van der Waals surface area contributed by atoms with Crippen molar-refractivity contribution in [2.24, 2.45) is 10.8 Å². The van der Waals surface area contributed by atoms with Crippen molar-refractivity contribution in [2.75, 3.05) is 0 Å². The number of rotatable bonds is 8. The summed E-state index contributed by atoms with van der Waals surface area (Å²) < 4.78 is 0. The molecule has 0 heterocycles. The molecule has 3 rings (SSSR count). The SMILES string of the molecule is CC1(CCCc2cc(CCCC3(C)CC3)c(O)c(O)c2O)CC1. The summed E-state index contributed by atoms with van der Waals surface area (Å²) in [5, 5.41) is 30.2. The minimum atomic E-state index is -0.340. The third kappa shape index (κ3) is 3.94. The summed E-state index contributed by atoms with van der Waals surface area (Å²) in [4.78, 5) is 0. The van der Waals surface area contributed by atoms with Gasteiger partial charge in [-0.05, 0) is 92.2 Å². The van der Waals surface area contributed by atoms with Crippen LogP contribution in [0.1, 0.15) is 76.3 Å². The van der Waals surface area contributed by atoms with E-state index < -0.39 is 0 Å². The van der Waals surface area contributed by atoms with E-state index in [1.165, 1.54) is 38.5 Å². The summed E-state index contributed by atoms with van der Waals surface area (Å²) in [7, 11) is 0. The maximum Gasteiger partial charge on any atom is 0.200 e. The number of aryl methyl sites for hydroxylation is 2. The Kier molecular flexibility index (Phi) is 4.24. The lowest BCUT2D eigenvalue weighted by molar-refractivity contribution is 0.360. The van der Waals surface area contributed by atoms with Gasteiger partial charge < -0.3 is 15.3 Å². The zero-order valence-corrected chi connectivity index (χ0v) is 14.5. The molecular weight excluding hydrogens is 288 g/mol. The average Bonchev–Trinajstić information content (AvgIpc) is 3.42. The lowest BCUT2D eigenvalue weighted by Gasteiger charge is -2.14. The van der Waals surface area contributed by atoms with Gasteiger partial charge in [0, 0.05) is 0 Å². The van der Waals surface area contributed by atoms with Gasteiger partial charge in [0.25, 0.3) is 0 Å². The van der Waals surface area contributed by atoms with E-state index in [0.717, 1.165) is 36.8 Å². The first kappa shape index (κ1) is 16.5. The van der Waals surface area contributed by atoms with Crippen LogP contribution in [-0.2, 0) is 12.8 Å². The standard InChI is InChI=1S/C20H30O3/c1-19(9-10-19)7-3-5-14-13-15(17(22)18(23)16(14)21)6-4-8-20(2)11-12-20/h13,21-23H,3-12H2,1-2H3. The Bertz CT molecular complexity index is 535. The second-order valence-electron chi connectivity index (χ2n) is 8.57. The van der Waals surface area contributed by atoms with Gasteiger partial charge in [0.2, 0.25) is 5.75 Å². The first-order valence-electron chi connectivity index (χ1n) is 9.08. The number of phenolic OH excluding ortho intramolecular Hbond substituents is 3. The number of phenols is 3. The molecule has 1 aromatic carbocycles. The van der Waals surface area contributed by atoms with Crippen LogP contribution in [0.3, 0.4) is 0 Å². The van der Waals surface area contributed by atoms with Crippen LogP contribution in [0.5, 0.6) is 17.2 Å². The molecule has 0 aromatic heterocycles. The molecular formula is C20H30O3. The zero-order valence-electron chi connectivity index (χ0n) is 14.5. The Hall–Kier alpha value is -1.38.